The van der Waals surface area contributed by atoms with Crippen LogP contribution in [0, 0.1) is 10.1 Å². The summed E-state index contributed by atoms with van der Waals surface area (Å²) < 4.78 is 29.1. The molecule has 2 rings (SSSR count). The summed E-state index contributed by atoms with van der Waals surface area (Å²) in [5.74, 6) is -0.757. The Kier molecular flexibility index (Phi) is 6.39. The van der Waals surface area contributed by atoms with E-state index in [2.05, 4.69) is 10.1 Å². The fourth-order valence-electron chi connectivity index (χ4n) is 2.24. The molecule has 0 saturated heterocycles. The van der Waals surface area contributed by atoms with Crippen LogP contribution in [-0.2, 0) is 11.2 Å². The van der Waals surface area contributed by atoms with Gasteiger partial charge in [0, 0.05) is 18.6 Å². The Morgan fingerprint density at radius 1 is 1.20 bits per heavy atom. The highest BCUT2D eigenvalue weighted by molar-refractivity contribution is 5.92. The Morgan fingerprint density at radius 3 is 2.56 bits per heavy atom. The van der Waals surface area contributed by atoms with E-state index in [1.807, 2.05) is 30.3 Å². The third-order valence-electron chi connectivity index (χ3n) is 3.38. The van der Waals surface area contributed by atoms with Crippen LogP contribution in [0.15, 0.2) is 48.5 Å². The van der Waals surface area contributed by atoms with Crippen molar-refractivity contribution in [1.29, 1.82) is 0 Å². The number of nitrogens with zero attached hydrogens (tertiary/aromatic N) is 1. The molecule has 0 saturated carbocycles. The van der Waals surface area contributed by atoms with Crippen LogP contribution in [0.4, 0.5) is 20.2 Å². The molecule has 0 heterocycles. The van der Waals surface area contributed by atoms with Crippen molar-refractivity contribution in [1.82, 2.24) is 0 Å². The average molecular weight is 350 g/mol. The highest BCUT2D eigenvalue weighted by Gasteiger charge is 2.16. The number of carbonyl (C=O) groups excluding carboxylic acids is 1. The molecule has 0 fully saturated rings. The minimum atomic E-state index is -3.10. The van der Waals surface area contributed by atoms with Gasteiger partial charge in [0.2, 0.25) is 5.91 Å². The predicted molar refractivity (Wildman–Crippen MR) is 87.7 cm³/mol. The van der Waals surface area contributed by atoms with Gasteiger partial charge in [-0.05, 0) is 24.5 Å². The number of benzene rings is 2. The number of alkyl halides is 2. The van der Waals surface area contributed by atoms with Crippen LogP contribution in [-0.4, -0.2) is 17.4 Å². The maximum Gasteiger partial charge on any atom is 0.387 e. The number of halogens is 2. The molecule has 0 aliphatic heterocycles. The number of anilines is 1. The van der Waals surface area contributed by atoms with Gasteiger partial charge in [0.25, 0.3) is 5.69 Å². The lowest BCUT2D eigenvalue weighted by Gasteiger charge is -2.11. The zero-order valence-electron chi connectivity index (χ0n) is 13.2. The Balaban J connectivity index is 2.00. The molecule has 2 aromatic rings. The van der Waals surface area contributed by atoms with Gasteiger partial charge in [-0.15, -0.1) is 0 Å². The first-order valence-corrected chi connectivity index (χ1v) is 7.52. The molecule has 0 aliphatic carbocycles. The number of rotatable bonds is 8. The summed E-state index contributed by atoms with van der Waals surface area (Å²) in [6.07, 6.45) is 1.38. The molecule has 25 heavy (non-hydrogen) atoms. The van der Waals surface area contributed by atoms with Crippen LogP contribution < -0.4 is 10.1 Å². The van der Waals surface area contributed by atoms with E-state index in [4.69, 9.17) is 0 Å². The number of amides is 1. The van der Waals surface area contributed by atoms with Crippen LogP contribution in [0.25, 0.3) is 0 Å². The second-order valence-corrected chi connectivity index (χ2v) is 5.20. The first-order chi connectivity index (χ1) is 12.0. The SMILES string of the molecule is O=C(CCCc1ccccc1)Nc1cc([N+](=O)[O-])ccc1OC(F)F. The third-order valence-corrected chi connectivity index (χ3v) is 3.38. The standard InChI is InChI=1S/C17H16F2N2O4/c18-17(19)25-15-10-9-13(21(23)24)11-14(15)20-16(22)8-4-7-12-5-2-1-3-6-12/h1-3,5-6,9-11,17H,4,7-8H2,(H,20,22). The first-order valence-electron chi connectivity index (χ1n) is 7.52. The van der Waals surface area contributed by atoms with Crippen LogP contribution in [0.3, 0.4) is 0 Å². The molecule has 0 aromatic heterocycles. The Morgan fingerprint density at radius 2 is 1.92 bits per heavy atom. The molecule has 0 unspecified atom stereocenters. The van der Waals surface area contributed by atoms with Gasteiger partial charge >= 0.3 is 6.61 Å². The van der Waals surface area contributed by atoms with Crippen LogP contribution in [0.5, 0.6) is 5.75 Å². The largest absolute Gasteiger partial charge is 0.433 e. The molecule has 0 bridgehead atoms. The summed E-state index contributed by atoms with van der Waals surface area (Å²) in [5, 5.41) is 13.2. The minimum Gasteiger partial charge on any atom is -0.433 e. The average Bonchev–Trinajstić information content (AvgIpc) is 2.57. The van der Waals surface area contributed by atoms with Gasteiger partial charge < -0.3 is 10.1 Å². The molecule has 0 spiro atoms. The van der Waals surface area contributed by atoms with Crippen molar-refractivity contribution < 1.29 is 23.2 Å². The summed E-state index contributed by atoms with van der Waals surface area (Å²) in [5.41, 5.74) is 0.591. The van der Waals surface area contributed by atoms with Gasteiger partial charge in [-0.25, -0.2) is 0 Å². The number of hydrogen-bond acceptors (Lipinski definition) is 4. The number of non-ortho nitro benzene ring substituents is 1. The summed E-state index contributed by atoms with van der Waals surface area (Å²) in [6, 6.07) is 12.6. The smallest absolute Gasteiger partial charge is 0.387 e. The molecule has 0 radical (unpaired) electrons. The van der Waals surface area contributed by atoms with E-state index in [-0.39, 0.29) is 23.5 Å². The van der Waals surface area contributed by atoms with E-state index >= 15 is 0 Å². The number of aryl methyl sites for hydroxylation is 1. The molecule has 0 aliphatic rings. The third kappa shape index (κ3) is 5.83. The van der Waals surface area contributed by atoms with Gasteiger partial charge in [-0.1, -0.05) is 30.3 Å². The van der Waals surface area contributed by atoms with Gasteiger partial charge in [-0.3, -0.25) is 14.9 Å². The van der Waals surface area contributed by atoms with Crippen LogP contribution in [0.2, 0.25) is 0 Å². The zero-order valence-corrected chi connectivity index (χ0v) is 13.2. The van der Waals surface area contributed by atoms with Gasteiger partial charge in [0.1, 0.15) is 5.75 Å². The second kappa shape index (κ2) is 8.72. The maximum absolute atomic E-state index is 12.4. The van der Waals surface area contributed by atoms with Crippen molar-refractivity contribution in [2.75, 3.05) is 5.32 Å². The molecule has 0 atom stereocenters. The lowest BCUT2D eigenvalue weighted by atomic mass is 10.1. The maximum atomic E-state index is 12.4. The first kappa shape index (κ1) is 18.3. The van der Waals surface area contributed by atoms with E-state index in [0.29, 0.717) is 12.8 Å². The minimum absolute atomic E-state index is 0.145. The number of ether oxygens (including phenoxy) is 1. The molecule has 6 nitrogen and oxygen atoms in total. The Bertz CT molecular complexity index is 739. The monoisotopic (exact) mass is 350 g/mol. The van der Waals surface area contributed by atoms with E-state index in [1.54, 1.807) is 0 Å². The topological polar surface area (TPSA) is 81.5 Å². The number of hydrogen-bond donors (Lipinski definition) is 1. The molecule has 1 N–H and O–H groups in total. The zero-order chi connectivity index (χ0) is 18.2. The molecule has 1 amide bonds. The molecule has 132 valence electrons. The van der Waals surface area contributed by atoms with Crippen LogP contribution in [0.1, 0.15) is 18.4 Å². The predicted octanol–water partition coefficient (Wildman–Crippen LogP) is 4.16. The van der Waals surface area contributed by atoms with Crippen molar-refractivity contribution in [3.05, 3.63) is 64.2 Å². The Labute approximate surface area is 142 Å². The van der Waals surface area contributed by atoms with E-state index in [1.165, 1.54) is 0 Å². The summed E-state index contributed by atoms with van der Waals surface area (Å²) in [6.45, 7) is -3.10. The number of nitro groups is 1. The fraction of sp³-hybridized carbons (Fsp3) is 0.235. The van der Waals surface area contributed by atoms with Crippen molar-refractivity contribution >= 4 is 17.3 Å². The molecule has 8 heteroatoms. The van der Waals surface area contributed by atoms with Gasteiger partial charge in [-0.2, -0.15) is 8.78 Å². The normalized spacial score (nSPS) is 10.5. The molecular formula is C17H16F2N2O4. The highest BCUT2D eigenvalue weighted by atomic mass is 19.3. The number of carbonyl (C=O) groups is 1. The van der Waals surface area contributed by atoms with E-state index in [0.717, 1.165) is 23.8 Å². The van der Waals surface area contributed by atoms with Crippen molar-refractivity contribution in [3.63, 3.8) is 0 Å². The molecular weight excluding hydrogens is 334 g/mol. The number of nitro benzene ring substituents is 1. The second-order valence-electron chi connectivity index (χ2n) is 5.20. The lowest BCUT2D eigenvalue weighted by Crippen LogP contribution is -2.14. The van der Waals surface area contributed by atoms with Gasteiger partial charge in [0.15, 0.2) is 0 Å². The van der Waals surface area contributed by atoms with Crippen molar-refractivity contribution in [2.45, 2.75) is 25.9 Å². The summed E-state index contributed by atoms with van der Waals surface area (Å²) in [4.78, 5) is 22.1. The quantitative estimate of drug-likeness (QED) is 0.572. The van der Waals surface area contributed by atoms with E-state index in [9.17, 15) is 23.7 Å². The fourth-order valence-corrected chi connectivity index (χ4v) is 2.24. The number of nitrogens with one attached hydrogen (secondary N) is 1. The lowest BCUT2D eigenvalue weighted by molar-refractivity contribution is -0.384. The highest BCUT2D eigenvalue weighted by Crippen LogP contribution is 2.30. The van der Waals surface area contributed by atoms with Crippen molar-refractivity contribution in [2.24, 2.45) is 0 Å². The van der Waals surface area contributed by atoms with Gasteiger partial charge in [0.05, 0.1) is 10.6 Å². The summed E-state index contributed by atoms with van der Waals surface area (Å²) >= 11 is 0. The van der Waals surface area contributed by atoms with Crippen molar-refractivity contribution in [3.8, 4) is 5.75 Å². The van der Waals surface area contributed by atoms with Crippen LogP contribution >= 0.6 is 0 Å². The summed E-state index contributed by atoms with van der Waals surface area (Å²) in [7, 11) is 0. The Hall–Kier alpha value is -3.03. The van der Waals surface area contributed by atoms with E-state index < -0.39 is 17.4 Å². The molecule has 2 aromatic carbocycles.